The van der Waals surface area contributed by atoms with Crippen LogP contribution in [0.1, 0.15) is 77.3 Å². The van der Waals surface area contributed by atoms with E-state index < -0.39 is 35.6 Å². The molecule has 2 fully saturated rings. The Labute approximate surface area is 232 Å². The van der Waals surface area contributed by atoms with Gasteiger partial charge in [0.25, 0.3) is 0 Å². The molecule has 3 atom stereocenters. The summed E-state index contributed by atoms with van der Waals surface area (Å²) >= 11 is 0. The second-order valence-electron chi connectivity index (χ2n) is 11.9. The summed E-state index contributed by atoms with van der Waals surface area (Å²) in [4.78, 5) is 47.3. The molecule has 39 heavy (non-hydrogen) atoms. The van der Waals surface area contributed by atoms with Gasteiger partial charge in [-0.25, -0.2) is 9.78 Å². The molecule has 0 radical (unpaired) electrons. The van der Waals surface area contributed by atoms with Gasteiger partial charge in [0.1, 0.15) is 17.3 Å². The molecule has 2 heterocycles. The Bertz CT molecular complexity index is 1020. The number of amides is 2. The lowest BCUT2D eigenvalue weighted by Crippen LogP contribution is -2.59. The summed E-state index contributed by atoms with van der Waals surface area (Å²) in [6.07, 6.45) is 4.24. The normalized spacial score (nSPS) is 21.6. The Morgan fingerprint density at radius 1 is 1.13 bits per heavy atom. The van der Waals surface area contributed by atoms with Gasteiger partial charge in [0.05, 0.1) is 19.1 Å². The second-order valence-corrected chi connectivity index (χ2v) is 11.9. The first kappa shape index (κ1) is 30.8. The van der Waals surface area contributed by atoms with Crippen LogP contribution in [0.3, 0.4) is 0 Å². The van der Waals surface area contributed by atoms with Crippen LogP contribution in [-0.4, -0.2) is 84.6 Å². The number of aliphatic hydroxyl groups excluding tert-OH is 1. The number of nitrogens with zero attached hydrogens (tertiary/aromatic N) is 3. The van der Waals surface area contributed by atoms with E-state index in [1.807, 2.05) is 12.3 Å². The molecule has 1 aliphatic carbocycles. The zero-order valence-electron chi connectivity index (χ0n) is 24.4. The van der Waals surface area contributed by atoms with Crippen molar-refractivity contribution in [1.82, 2.24) is 9.88 Å². The van der Waals surface area contributed by atoms with E-state index in [0.29, 0.717) is 12.4 Å². The molecule has 218 valence electrons. The van der Waals surface area contributed by atoms with Crippen LogP contribution >= 0.6 is 0 Å². The molecule has 1 aliphatic heterocycles. The maximum absolute atomic E-state index is 14.1. The van der Waals surface area contributed by atoms with E-state index in [-0.39, 0.29) is 31.0 Å². The van der Waals surface area contributed by atoms with Crippen molar-refractivity contribution in [3.8, 4) is 0 Å². The molecule has 0 spiro atoms. The molecular weight excluding hydrogens is 502 g/mol. The van der Waals surface area contributed by atoms with Crippen molar-refractivity contribution in [3.63, 3.8) is 0 Å². The standard InChI is InChI=1S/C29H45N3O7/c1-18(2)21-15-30-24(14-19(21)10-8-9-13-37-6)32(20-11-12-20)26(34)22-16-31(28(36)39-29(3,4)5)17-23(25(22)33)27(35)38-7/h14-15,18,20,22-23,25,33H,8-13,16-17H2,1-7H3/t22?,23?,25-/m0/s1. The van der Waals surface area contributed by atoms with Gasteiger partial charge in [-0.3, -0.25) is 14.5 Å². The first-order valence-electron chi connectivity index (χ1n) is 13.9. The molecule has 0 aromatic carbocycles. The molecule has 2 amide bonds. The Morgan fingerprint density at radius 3 is 2.36 bits per heavy atom. The van der Waals surface area contributed by atoms with E-state index in [2.05, 4.69) is 18.8 Å². The van der Waals surface area contributed by atoms with Gasteiger partial charge in [0, 0.05) is 39.0 Å². The number of hydrogen-bond acceptors (Lipinski definition) is 8. The average Bonchev–Trinajstić information content (AvgIpc) is 3.70. The minimum Gasteiger partial charge on any atom is -0.469 e. The van der Waals surface area contributed by atoms with Crippen molar-refractivity contribution in [2.45, 2.75) is 90.4 Å². The highest BCUT2D eigenvalue weighted by molar-refractivity contribution is 5.96. The number of aliphatic hydroxyl groups is 1. The monoisotopic (exact) mass is 547 g/mol. The number of rotatable bonds is 10. The number of ether oxygens (including phenoxy) is 3. The summed E-state index contributed by atoms with van der Waals surface area (Å²) < 4.78 is 15.6. The van der Waals surface area contributed by atoms with Crippen LogP contribution in [0.15, 0.2) is 12.3 Å². The van der Waals surface area contributed by atoms with Gasteiger partial charge >= 0.3 is 12.1 Å². The number of esters is 1. The summed E-state index contributed by atoms with van der Waals surface area (Å²) in [6, 6.07) is 1.94. The number of carbonyl (C=O) groups excluding carboxylic acids is 3. The smallest absolute Gasteiger partial charge is 0.410 e. The lowest BCUT2D eigenvalue weighted by atomic mass is 9.85. The van der Waals surface area contributed by atoms with E-state index >= 15 is 0 Å². The molecule has 2 aliphatic rings. The lowest BCUT2D eigenvalue weighted by molar-refractivity contribution is -0.156. The third kappa shape index (κ3) is 7.91. The van der Waals surface area contributed by atoms with E-state index in [4.69, 9.17) is 14.2 Å². The summed E-state index contributed by atoms with van der Waals surface area (Å²) in [7, 11) is 2.92. The molecule has 1 aromatic heterocycles. The van der Waals surface area contributed by atoms with Crippen molar-refractivity contribution in [2.75, 3.05) is 38.8 Å². The lowest BCUT2D eigenvalue weighted by Gasteiger charge is -2.41. The molecule has 2 unspecified atom stereocenters. The number of pyridine rings is 1. The Kier molecular flexibility index (Phi) is 10.3. The molecule has 1 N–H and O–H groups in total. The third-order valence-electron chi connectivity index (χ3n) is 7.20. The fourth-order valence-electron chi connectivity index (χ4n) is 5.03. The molecule has 0 bridgehead atoms. The molecular formula is C29H45N3O7. The van der Waals surface area contributed by atoms with Crippen LogP contribution in [0.2, 0.25) is 0 Å². The molecule has 3 rings (SSSR count). The molecule has 1 saturated heterocycles. The predicted molar refractivity (Wildman–Crippen MR) is 146 cm³/mol. The number of anilines is 1. The SMILES string of the molecule is COCCCCc1cc(N(C(=O)C2CN(C(=O)OC(C)(C)C)CC(C(=O)OC)[C@H]2O)C2CC2)ncc1C(C)C. The van der Waals surface area contributed by atoms with Gasteiger partial charge in [-0.05, 0) is 76.0 Å². The summed E-state index contributed by atoms with van der Waals surface area (Å²) in [5, 5.41) is 11.2. The van der Waals surface area contributed by atoms with Crippen LogP contribution < -0.4 is 4.90 Å². The molecule has 10 heteroatoms. The zero-order valence-corrected chi connectivity index (χ0v) is 24.4. The topological polar surface area (TPSA) is 119 Å². The Hall–Kier alpha value is -2.72. The highest BCUT2D eigenvalue weighted by Crippen LogP contribution is 2.36. The van der Waals surface area contributed by atoms with Crippen LogP contribution in [0, 0.1) is 11.8 Å². The highest BCUT2D eigenvalue weighted by Gasteiger charge is 2.49. The van der Waals surface area contributed by atoms with Gasteiger partial charge in [0.2, 0.25) is 5.91 Å². The average molecular weight is 548 g/mol. The van der Waals surface area contributed by atoms with Gasteiger partial charge < -0.3 is 24.2 Å². The number of carbonyl (C=O) groups is 3. The summed E-state index contributed by atoms with van der Waals surface area (Å²) in [5.74, 6) is -2.33. The Morgan fingerprint density at radius 2 is 1.79 bits per heavy atom. The van der Waals surface area contributed by atoms with Crippen molar-refractivity contribution < 1.29 is 33.7 Å². The van der Waals surface area contributed by atoms with Crippen LogP contribution in [0.4, 0.5) is 10.6 Å². The van der Waals surface area contributed by atoms with Gasteiger partial charge in [-0.1, -0.05) is 13.8 Å². The first-order valence-corrected chi connectivity index (χ1v) is 13.9. The molecule has 1 saturated carbocycles. The predicted octanol–water partition coefficient (Wildman–Crippen LogP) is 3.69. The van der Waals surface area contributed by atoms with Gasteiger partial charge in [0.15, 0.2) is 0 Å². The van der Waals surface area contributed by atoms with E-state index in [1.165, 1.54) is 12.0 Å². The summed E-state index contributed by atoms with van der Waals surface area (Å²) in [6.45, 7) is 10.0. The number of aromatic nitrogens is 1. The van der Waals surface area contributed by atoms with Crippen molar-refractivity contribution in [2.24, 2.45) is 11.8 Å². The van der Waals surface area contributed by atoms with Crippen LogP contribution in [-0.2, 0) is 30.2 Å². The van der Waals surface area contributed by atoms with Crippen LogP contribution in [0.25, 0.3) is 0 Å². The van der Waals surface area contributed by atoms with E-state index in [9.17, 15) is 19.5 Å². The largest absolute Gasteiger partial charge is 0.469 e. The summed E-state index contributed by atoms with van der Waals surface area (Å²) in [5.41, 5.74) is 1.52. The molecule has 1 aromatic rings. The number of likely N-dealkylation sites (tertiary alicyclic amines) is 1. The maximum Gasteiger partial charge on any atom is 0.410 e. The van der Waals surface area contributed by atoms with E-state index in [0.717, 1.165) is 43.2 Å². The number of aryl methyl sites for hydroxylation is 1. The Balaban J connectivity index is 1.93. The van der Waals surface area contributed by atoms with Gasteiger partial charge in [-0.2, -0.15) is 0 Å². The minimum atomic E-state index is -1.31. The third-order valence-corrected chi connectivity index (χ3v) is 7.20. The minimum absolute atomic E-state index is 0.0445. The zero-order chi connectivity index (χ0) is 28.9. The fourth-order valence-corrected chi connectivity index (χ4v) is 5.03. The number of piperidine rings is 1. The van der Waals surface area contributed by atoms with Crippen molar-refractivity contribution in [1.29, 1.82) is 0 Å². The fraction of sp³-hybridized carbons (Fsp3) is 0.724. The molecule has 10 nitrogen and oxygen atoms in total. The van der Waals surface area contributed by atoms with E-state index in [1.54, 1.807) is 32.8 Å². The maximum atomic E-state index is 14.1. The van der Waals surface area contributed by atoms with Crippen molar-refractivity contribution >= 4 is 23.8 Å². The number of methoxy groups -OCH3 is 2. The number of unbranched alkanes of at least 4 members (excludes halogenated alkanes) is 1. The second kappa shape index (κ2) is 13.1. The van der Waals surface area contributed by atoms with Crippen LogP contribution in [0.5, 0.6) is 0 Å². The number of hydrogen-bond donors (Lipinski definition) is 1. The quantitative estimate of drug-likeness (QED) is 0.348. The highest BCUT2D eigenvalue weighted by atomic mass is 16.6. The van der Waals surface area contributed by atoms with Gasteiger partial charge in [-0.15, -0.1) is 0 Å². The van der Waals surface area contributed by atoms with Crippen molar-refractivity contribution in [3.05, 3.63) is 23.4 Å². The first-order chi connectivity index (χ1) is 18.4.